The molecule has 0 aliphatic carbocycles. The minimum absolute atomic E-state index is 0.219. The summed E-state index contributed by atoms with van der Waals surface area (Å²) in [6, 6.07) is 0.551. The molecule has 1 unspecified atom stereocenters. The van der Waals surface area contributed by atoms with Gasteiger partial charge in [-0.25, -0.2) is 0 Å². The molecule has 4 nitrogen and oxygen atoms in total. The molecule has 0 aromatic carbocycles. The fraction of sp³-hybridized carbons (Fsp3) is 0.929. The van der Waals surface area contributed by atoms with Gasteiger partial charge in [-0.1, -0.05) is 6.92 Å². The van der Waals surface area contributed by atoms with E-state index < -0.39 is 0 Å². The van der Waals surface area contributed by atoms with Crippen LogP contribution in [-0.4, -0.2) is 54.0 Å². The Kier molecular flexibility index (Phi) is 5.60. The number of hydrogen-bond acceptors (Lipinski definition) is 3. The fourth-order valence-electron chi connectivity index (χ4n) is 2.56. The molecule has 0 radical (unpaired) electrons. The molecule has 0 aromatic rings. The van der Waals surface area contributed by atoms with Crippen molar-refractivity contribution in [1.29, 1.82) is 0 Å². The number of rotatable bonds is 6. The van der Waals surface area contributed by atoms with Crippen LogP contribution in [0.3, 0.4) is 0 Å². The van der Waals surface area contributed by atoms with Gasteiger partial charge in [0.25, 0.3) is 0 Å². The second-order valence-electron chi connectivity index (χ2n) is 6.19. The van der Waals surface area contributed by atoms with E-state index in [4.69, 9.17) is 5.73 Å². The molecule has 0 saturated carbocycles. The van der Waals surface area contributed by atoms with E-state index in [9.17, 15) is 4.79 Å². The number of amides is 1. The van der Waals surface area contributed by atoms with Crippen LogP contribution < -0.4 is 5.73 Å². The van der Waals surface area contributed by atoms with Crippen molar-refractivity contribution in [1.82, 2.24) is 9.80 Å². The average Bonchev–Trinajstić information content (AvgIpc) is 2.72. The molecular weight excluding hydrogens is 226 g/mol. The summed E-state index contributed by atoms with van der Waals surface area (Å²) in [7, 11) is 1.91. The first-order chi connectivity index (χ1) is 8.33. The van der Waals surface area contributed by atoms with Gasteiger partial charge in [-0.15, -0.1) is 0 Å². The number of likely N-dealkylation sites (N-methyl/N-ethyl adjacent to an activating group) is 2. The minimum atomic E-state index is -0.251. The summed E-state index contributed by atoms with van der Waals surface area (Å²) >= 11 is 0. The molecule has 1 rings (SSSR count). The maximum Gasteiger partial charge on any atom is 0.222 e. The molecule has 1 heterocycles. The Hall–Kier alpha value is -0.610. The zero-order valence-electron chi connectivity index (χ0n) is 12.4. The van der Waals surface area contributed by atoms with Crippen molar-refractivity contribution in [2.45, 2.75) is 58.0 Å². The van der Waals surface area contributed by atoms with E-state index in [-0.39, 0.29) is 11.4 Å². The average molecular weight is 255 g/mol. The Morgan fingerprint density at radius 1 is 1.50 bits per heavy atom. The molecule has 1 amide bonds. The van der Waals surface area contributed by atoms with E-state index in [2.05, 4.69) is 11.8 Å². The Bertz CT molecular complexity index is 273. The third-order valence-corrected chi connectivity index (χ3v) is 3.80. The predicted octanol–water partition coefficient (Wildman–Crippen LogP) is 1.45. The molecule has 18 heavy (non-hydrogen) atoms. The van der Waals surface area contributed by atoms with Gasteiger partial charge in [0.2, 0.25) is 5.91 Å². The molecule has 0 bridgehead atoms. The SMILES string of the molecule is CCN1CCCC1CN(C)C(=O)CCC(C)(C)N. The van der Waals surface area contributed by atoms with Crippen molar-refractivity contribution in [2.24, 2.45) is 5.73 Å². The quantitative estimate of drug-likeness (QED) is 0.781. The van der Waals surface area contributed by atoms with Crippen LogP contribution in [0.25, 0.3) is 0 Å². The highest BCUT2D eigenvalue weighted by Gasteiger charge is 2.25. The van der Waals surface area contributed by atoms with Crippen LogP contribution in [0.2, 0.25) is 0 Å². The highest BCUT2D eigenvalue weighted by Crippen LogP contribution is 2.18. The summed E-state index contributed by atoms with van der Waals surface area (Å²) < 4.78 is 0. The monoisotopic (exact) mass is 255 g/mol. The Morgan fingerprint density at radius 2 is 2.17 bits per heavy atom. The van der Waals surface area contributed by atoms with Gasteiger partial charge in [0.1, 0.15) is 0 Å². The number of carbonyl (C=O) groups is 1. The third-order valence-electron chi connectivity index (χ3n) is 3.80. The van der Waals surface area contributed by atoms with Crippen LogP contribution in [0.5, 0.6) is 0 Å². The minimum Gasteiger partial charge on any atom is -0.344 e. The number of hydrogen-bond donors (Lipinski definition) is 1. The maximum absolute atomic E-state index is 12.0. The Morgan fingerprint density at radius 3 is 2.72 bits per heavy atom. The smallest absolute Gasteiger partial charge is 0.222 e. The zero-order valence-corrected chi connectivity index (χ0v) is 12.4. The molecule has 1 aliphatic rings. The van der Waals surface area contributed by atoms with Crippen molar-refractivity contribution in [2.75, 3.05) is 26.7 Å². The van der Waals surface area contributed by atoms with Gasteiger partial charge < -0.3 is 10.6 Å². The second kappa shape index (κ2) is 6.53. The predicted molar refractivity (Wildman–Crippen MR) is 75.4 cm³/mol. The normalized spacial score (nSPS) is 21.3. The molecule has 0 spiro atoms. The topological polar surface area (TPSA) is 49.6 Å². The lowest BCUT2D eigenvalue weighted by Crippen LogP contribution is -2.42. The molecule has 106 valence electrons. The van der Waals surface area contributed by atoms with Crippen LogP contribution in [0.4, 0.5) is 0 Å². The maximum atomic E-state index is 12.0. The largest absolute Gasteiger partial charge is 0.344 e. The van der Waals surface area contributed by atoms with E-state index in [0.717, 1.165) is 19.5 Å². The van der Waals surface area contributed by atoms with Gasteiger partial charge in [-0.3, -0.25) is 9.69 Å². The van der Waals surface area contributed by atoms with Crippen LogP contribution in [0, 0.1) is 0 Å². The van der Waals surface area contributed by atoms with E-state index >= 15 is 0 Å². The number of carbonyl (C=O) groups excluding carboxylic acids is 1. The molecule has 1 saturated heterocycles. The summed E-state index contributed by atoms with van der Waals surface area (Å²) in [5, 5.41) is 0. The second-order valence-corrected chi connectivity index (χ2v) is 6.19. The summed E-state index contributed by atoms with van der Waals surface area (Å²) in [5.41, 5.74) is 5.66. The van der Waals surface area contributed by atoms with Crippen molar-refractivity contribution in [3.05, 3.63) is 0 Å². The van der Waals surface area contributed by atoms with Gasteiger partial charge >= 0.3 is 0 Å². The van der Waals surface area contributed by atoms with Crippen molar-refractivity contribution < 1.29 is 4.79 Å². The summed E-state index contributed by atoms with van der Waals surface area (Å²) in [6.45, 7) is 9.25. The molecule has 4 heteroatoms. The van der Waals surface area contributed by atoms with Crippen molar-refractivity contribution >= 4 is 5.91 Å². The van der Waals surface area contributed by atoms with Crippen LogP contribution in [-0.2, 0) is 4.79 Å². The van der Waals surface area contributed by atoms with Gasteiger partial charge in [-0.05, 0) is 46.2 Å². The molecule has 1 atom stereocenters. The molecular formula is C14H29N3O. The lowest BCUT2D eigenvalue weighted by molar-refractivity contribution is -0.130. The summed E-state index contributed by atoms with van der Waals surface area (Å²) in [4.78, 5) is 16.4. The van der Waals surface area contributed by atoms with E-state index in [1.165, 1.54) is 19.4 Å². The lowest BCUT2D eigenvalue weighted by atomic mass is 10.00. The van der Waals surface area contributed by atoms with Crippen LogP contribution in [0.15, 0.2) is 0 Å². The molecule has 2 N–H and O–H groups in total. The van der Waals surface area contributed by atoms with Gasteiger partial charge in [0.15, 0.2) is 0 Å². The van der Waals surface area contributed by atoms with Crippen LogP contribution in [0.1, 0.15) is 46.5 Å². The van der Waals surface area contributed by atoms with Gasteiger partial charge in [-0.2, -0.15) is 0 Å². The van der Waals surface area contributed by atoms with Gasteiger partial charge in [0.05, 0.1) is 0 Å². The van der Waals surface area contributed by atoms with E-state index in [1.54, 1.807) is 0 Å². The van der Waals surface area contributed by atoms with Crippen molar-refractivity contribution in [3.8, 4) is 0 Å². The standard InChI is InChI=1S/C14H29N3O/c1-5-17-10-6-7-12(17)11-16(4)13(18)8-9-14(2,3)15/h12H,5-11,15H2,1-4H3. The highest BCUT2D eigenvalue weighted by atomic mass is 16.2. The molecule has 1 fully saturated rings. The van der Waals surface area contributed by atoms with Crippen molar-refractivity contribution in [3.63, 3.8) is 0 Å². The number of likely N-dealkylation sites (tertiary alicyclic amines) is 1. The number of nitrogens with two attached hydrogens (primary N) is 1. The first-order valence-electron chi connectivity index (χ1n) is 7.10. The lowest BCUT2D eigenvalue weighted by Gasteiger charge is -2.28. The van der Waals surface area contributed by atoms with E-state index in [1.807, 2.05) is 25.8 Å². The summed E-state index contributed by atoms with van der Waals surface area (Å²) in [5.74, 6) is 0.219. The third kappa shape index (κ3) is 4.94. The van der Waals surface area contributed by atoms with Crippen LogP contribution >= 0.6 is 0 Å². The Labute approximate surface area is 111 Å². The first-order valence-corrected chi connectivity index (χ1v) is 7.10. The Balaban J connectivity index is 2.35. The molecule has 1 aliphatic heterocycles. The first kappa shape index (κ1) is 15.4. The molecule has 0 aromatic heterocycles. The summed E-state index contributed by atoms with van der Waals surface area (Å²) in [6.07, 6.45) is 3.78. The fourth-order valence-corrected chi connectivity index (χ4v) is 2.56. The zero-order chi connectivity index (χ0) is 13.8. The number of nitrogens with zero attached hydrogens (tertiary/aromatic N) is 2. The van der Waals surface area contributed by atoms with E-state index in [0.29, 0.717) is 12.5 Å². The highest BCUT2D eigenvalue weighted by molar-refractivity contribution is 5.76. The van der Waals surface area contributed by atoms with Gasteiger partial charge in [0, 0.05) is 31.6 Å².